The van der Waals surface area contributed by atoms with Crippen LogP contribution in [0.3, 0.4) is 0 Å². The number of ether oxygens (including phenoxy) is 1. The minimum Gasteiger partial charge on any atom is -0.496 e. The predicted molar refractivity (Wildman–Crippen MR) is 109 cm³/mol. The number of carbonyl (C=O) groups is 1. The van der Waals surface area contributed by atoms with Crippen LogP contribution in [0, 0.1) is 0 Å². The van der Waals surface area contributed by atoms with E-state index in [9.17, 15) is 13.2 Å². The molecule has 0 spiro atoms. The van der Waals surface area contributed by atoms with Crippen molar-refractivity contribution in [1.82, 2.24) is 4.31 Å². The van der Waals surface area contributed by atoms with Gasteiger partial charge in [-0.2, -0.15) is 0 Å². The molecule has 0 bridgehead atoms. The van der Waals surface area contributed by atoms with E-state index in [0.29, 0.717) is 19.5 Å². The Balaban J connectivity index is 1.79. The van der Waals surface area contributed by atoms with Crippen molar-refractivity contribution in [1.29, 1.82) is 0 Å². The van der Waals surface area contributed by atoms with Crippen molar-refractivity contribution in [3.05, 3.63) is 53.6 Å². The molecular formula is C21H26N2O4S. The Morgan fingerprint density at radius 2 is 1.96 bits per heavy atom. The first kappa shape index (κ1) is 20.4. The lowest BCUT2D eigenvalue weighted by atomic mass is 10.0. The van der Waals surface area contributed by atoms with Gasteiger partial charge < -0.3 is 9.64 Å². The molecule has 1 heterocycles. The maximum atomic E-state index is 13.0. The van der Waals surface area contributed by atoms with E-state index in [1.54, 1.807) is 37.3 Å². The van der Waals surface area contributed by atoms with Gasteiger partial charge in [-0.05, 0) is 54.7 Å². The molecule has 2 aromatic rings. The number of carbonyl (C=O) groups excluding carboxylic acids is 1. The van der Waals surface area contributed by atoms with Gasteiger partial charge in [0.15, 0.2) is 0 Å². The van der Waals surface area contributed by atoms with Crippen molar-refractivity contribution in [2.75, 3.05) is 32.1 Å². The van der Waals surface area contributed by atoms with Gasteiger partial charge in [-0.1, -0.05) is 18.2 Å². The number of methoxy groups -OCH3 is 1. The quantitative estimate of drug-likeness (QED) is 0.745. The minimum atomic E-state index is -3.61. The standard InChI is InChI=1S/C21H26N2O4S/c1-16(24)23-13-6-8-18-15-19(10-11-20(18)23)28(25,26)22(2)14-12-17-7-4-5-9-21(17)27-3/h4-5,7,9-11,15H,6,8,12-14H2,1-3H3. The van der Waals surface area contributed by atoms with E-state index in [0.717, 1.165) is 35.4 Å². The fourth-order valence-corrected chi connectivity index (χ4v) is 4.77. The van der Waals surface area contributed by atoms with Crippen molar-refractivity contribution in [3.8, 4) is 5.75 Å². The van der Waals surface area contributed by atoms with Gasteiger partial charge in [0.1, 0.15) is 5.75 Å². The molecule has 0 N–H and O–H groups in total. The molecule has 0 saturated carbocycles. The number of sulfonamides is 1. The van der Waals surface area contributed by atoms with Gasteiger partial charge in [-0.15, -0.1) is 0 Å². The molecular weight excluding hydrogens is 376 g/mol. The third-order valence-corrected chi connectivity index (χ3v) is 7.00. The van der Waals surface area contributed by atoms with Crippen LogP contribution in [0.1, 0.15) is 24.5 Å². The lowest BCUT2D eigenvalue weighted by Crippen LogP contribution is -2.34. The van der Waals surface area contributed by atoms with Crippen molar-refractivity contribution in [2.24, 2.45) is 0 Å². The van der Waals surface area contributed by atoms with E-state index in [1.165, 1.54) is 11.2 Å². The van der Waals surface area contributed by atoms with E-state index >= 15 is 0 Å². The molecule has 0 aromatic heterocycles. The Labute approximate surface area is 166 Å². The summed E-state index contributed by atoms with van der Waals surface area (Å²) in [6.07, 6.45) is 2.16. The summed E-state index contributed by atoms with van der Waals surface area (Å²) in [5.74, 6) is 0.733. The normalized spacial score (nSPS) is 14.1. The molecule has 0 saturated heterocycles. The zero-order chi connectivity index (χ0) is 20.3. The van der Waals surface area contributed by atoms with Crippen molar-refractivity contribution >= 4 is 21.6 Å². The number of para-hydroxylation sites is 1. The van der Waals surface area contributed by atoms with Crippen LogP contribution in [0.2, 0.25) is 0 Å². The SMILES string of the molecule is COc1ccccc1CCN(C)S(=O)(=O)c1ccc2c(c1)CCCN2C(C)=O. The maximum Gasteiger partial charge on any atom is 0.242 e. The maximum absolute atomic E-state index is 13.0. The molecule has 28 heavy (non-hydrogen) atoms. The number of benzene rings is 2. The van der Waals surface area contributed by atoms with E-state index in [4.69, 9.17) is 4.74 Å². The van der Waals surface area contributed by atoms with Crippen molar-refractivity contribution < 1.29 is 17.9 Å². The van der Waals surface area contributed by atoms with E-state index in [-0.39, 0.29) is 10.8 Å². The fourth-order valence-electron chi connectivity index (χ4n) is 3.55. The smallest absolute Gasteiger partial charge is 0.242 e. The van der Waals surface area contributed by atoms with Crippen molar-refractivity contribution in [3.63, 3.8) is 0 Å². The largest absolute Gasteiger partial charge is 0.496 e. The number of hydrogen-bond acceptors (Lipinski definition) is 4. The average molecular weight is 403 g/mol. The number of aryl methyl sites for hydroxylation is 1. The van der Waals surface area contributed by atoms with Gasteiger partial charge in [-0.25, -0.2) is 12.7 Å². The highest BCUT2D eigenvalue weighted by molar-refractivity contribution is 7.89. The second-order valence-corrected chi connectivity index (χ2v) is 9.00. The number of anilines is 1. The van der Waals surface area contributed by atoms with Gasteiger partial charge >= 0.3 is 0 Å². The number of fused-ring (bicyclic) bond motifs is 1. The van der Waals surface area contributed by atoms with E-state index < -0.39 is 10.0 Å². The Bertz CT molecular complexity index is 972. The van der Waals surface area contributed by atoms with Crippen LogP contribution in [0.15, 0.2) is 47.4 Å². The second-order valence-electron chi connectivity index (χ2n) is 6.95. The highest BCUT2D eigenvalue weighted by atomic mass is 32.2. The summed E-state index contributed by atoms with van der Waals surface area (Å²) in [6, 6.07) is 12.7. The number of amides is 1. The van der Waals surface area contributed by atoms with E-state index in [1.807, 2.05) is 24.3 Å². The van der Waals surface area contributed by atoms with Gasteiger partial charge in [-0.3, -0.25) is 4.79 Å². The van der Waals surface area contributed by atoms with Crippen LogP contribution in [-0.4, -0.2) is 45.9 Å². The number of likely N-dealkylation sites (N-methyl/N-ethyl adjacent to an activating group) is 1. The highest BCUT2D eigenvalue weighted by Gasteiger charge is 2.25. The monoisotopic (exact) mass is 402 g/mol. The first-order chi connectivity index (χ1) is 13.3. The molecule has 1 amide bonds. The van der Waals surface area contributed by atoms with Gasteiger partial charge in [0.25, 0.3) is 0 Å². The summed E-state index contributed by atoms with van der Waals surface area (Å²) in [4.78, 5) is 13.8. The molecule has 1 aliphatic heterocycles. The van der Waals surface area contributed by atoms with Crippen LogP contribution in [-0.2, 0) is 27.7 Å². The molecule has 0 atom stereocenters. The third kappa shape index (κ3) is 4.05. The first-order valence-corrected chi connectivity index (χ1v) is 10.8. The minimum absolute atomic E-state index is 0.0227. The zero-order valence-corrected chi connectivity index (χ0v) is 17.3. The summed E-state index contributed by atoms with van der Waals surface area (Å²) >= 11 is 0. The van der Waals surface area contributed by atoms with Gasteiger partial charge in [0, 0.05) is 32.7 Å². The van der Waals surface area contributed by atoms with E-state index in [2.05, 4.69) is 0 Å². The van der Waals surface area contributed by atoms with Crippen LogP contribution in [0.5, 0.6) is 5.75 Å². The molecule has 2 aromatic carbocycles. The molecule has 0 fully saturated rings. The van der Waals surface area contributed by atoms with Crippen LogP contribution < -0.4 is 9.64 Å². The highest BCUT2D eigenvalue weighted by Crippen LogP contribution is 2.30. The van der Waals surface area contributed by atoms with Crippen LogP contribution in [0.25, 0.3) is 0 Å². The summed E-state index contributed by atoms with van der Waals surface area (Å²) in [6.45, 7) is 2.55. The molecule has 0 radical (unpaired) electrons. The Kier molecular flexibility index (Phi) is 6.05. The average Bonchev–Trinajstić information content (AvgIpc) is 2.71. The molecule has 0 aliphatic carbocycles. The molecule has 150 valence electrons. The summed E-state index contributed by atoms with van der Waals surface area (Å²) < 4.78 is 32.8. The lowest BCUT2D eigenvalue weighted by molar-refractivity contribution is -0.116. The second kappa shape index (κ2) is 8.32. The predicted octanol–water partition coefficient (Wildman–Crippen LogP) is 2.86. The molecule has 3 rings (SSSR count). The first-order valence-electron chi connectivity index (χ1n) is 9.34. The summed E-state index contributed by atoms with van der Waals surface area (Å²) in [7, 11) is -0.414. The number of hydrogen-bond donors (Lipinski definition) is 0. The zero-order valence-electron chi connectivity index (χ0n) is 16.5. The van der Waals surface area contributed by atoms with Crippen LogP contribution >= 0.6 is 0 Å². The Hall–Kier alpha value is -2.38. The molecule has 1 aliphatic rings. The molecule has 7 heteroatoms. The fraction of sp³-hybridized carbons (Fsp3) is 0.381. The number of nitrogens with zero attached hydrogens (tertiary/aromatic N) is 2. The topological polar surface area (TPSA) is 66.9 Å². The van der Waals surface area contributed by atoms with Gasteiger partial charge in [0.2, 0.25) is 15.9 Å². The number of rotatable bonds is 6. The molecule has 0 unspecified atom stereocenters. The molecule has 6 nitrogen and oxygen atoms in total. The van der Waals surface area contributed by atoms with Crippen molar-refractivity contribution in [2.45, 2.75) is 31.1 Å². The third-order valence-electron chi connectivity index (χ3n) is 5.15. The summed E-state index contributed by atoms with van der Waals surface area (Å²) in [5.41, 5.74) is 2.68. The Morgan fingerprint density at radius 3 is 2.68 bits per heavy atom. The Morgan fingerprint density at radius 1 is 1.21 bits per heavy atom. The lowest BCUT2D eigenvalue weighted by Gasteiger charge is -2.29. The van der Waals surface area contributed by atoms with Gasteiger partial charge in [0.05, 0.1) is 12.0 Å². The summed E-state index contributed by atoms with van der Waals surface area (Å²) in [5, 5.41) is 0. The van der Waals surface area contributed by atoms with Crippen LogP contribution in [0.4, 0.5) is 5.69 Å².